The molecule has 1 N–H and O–H groups in total. The van der Waals surface area contributed by atoms with Crippen LogP contribution in [0.25, 0.3) is 0 Å². The summed E-state index contributed by atoms with van der Waals surface area (Å²) >= 11 is 0. The van der Waals surface area contributed by atoms with Crippen LogP contribution in [-0.4, -0.2) is 80.9 Å². The van der Waals surface area contributed by atoms with Gasteiger partial charge in [0, 0.05) is 38.3 Å². The maximum atomic E-state index is 13.3. The van der Waals surface area contributed by atoms with Gasteiger partial charge in [-0.1, -0.05) is 39.0 Å². The van der Waals surface area contributed by atoms with Crippen molar-refractivity contribution in [2.45, 2.75) is 95.0 Å². The number of rotatable bonds is 10. The molecule has 4 rings (SSSR count). The number of carbonyl (C=O) groups excluding carboxylic acids is 2. The third-order valence-electron chi connectivity index (χ3n) is 8.27. The molecule has 10 heteroatoms. The summed E-state index contributed by atoms with van der Waals surface area (Å²) in [6.07, 6.45) is 11.0. The molecule has 1 aromatic carbocycles. The van der Waals surface area contributed by atoms with Crippen molar-refractivity contribution in [3.8, 4) is 5.75 Å². The molecule has 0 aromatic heterocycles. The summed E-state index contributed by atoms with van der Waals surface area (Å²) < 4.78 is 33.8. The predicted octanol–water partition coefficient (Wildman–Crippen LogP) is 3.53. The Morgan fingerprint density at radius 3 is 2.47 bits per heavy atom. The topological polar surface area (TPSA) is 99.3 Å². The Hall–Kier alpha value is -2.17. The third kappa shape index (κ3) is 6.87. The quantitative estimate of drug-likeness (QED) is 0.480. The number of nitrogens with zero attached hydrogens (tertiary/aromatic N) is 3. The molecule has 38 heavy (non-hydrogen) atoms. The highest BCUT2D eigenvalue weighted by atomic mass is 32.2. The van der Waals surface area contributed by atoms with Crippen molar-refractivity contribution in [3.05, 3.63) is 18.2 Å². The Balaban J connectivity index is 1.42. The van der Waals surface area contributed by atoms with E-state index in [2.05, 4.69) is 24.1 Å². The summed E-state index contributed by atoms with van der Waals surface area (Å²) in [6, 6.07) is 5.61. The minimum atomic E-state index is -3.70. The molecule has 1 aromatic rings. The van der Waals surface area contributed by atoms with Crippen molar-refractivity contribution < 1.29 is 22.7 Å². The fourth-order valence-electron chi connectivity index (χ4n) is 5.88. The Bertz CT molecular complexity index is 1070. The van der Waals surface area contributed by atoms with Gasteiger partial charge in [0.2, 0.25) is 15.9 Å². The zero-order valence-electron chi connectivity index (χ0n) is 23.0. The highest BCUT2D eigenvalue weighted by molar-refractivity contribution is 7.89. The minimum Gasteiger partial charge on any atom is -0.482 e. The molecule has 2 fully saturated rings. The van der Waals surface area contributed by atoms with Crippen LogP contribution in [0.5, 0.6) is 5.75 Å². The summed E-state index contributed by atoms with van der Waals surface area (Å²) in [4.78, 5) is 29.7. The molecular weight excluding hydrogens is 504 g/mol. The average Bonchev–Trinajstić information content (AvgIpc) is 3.23. The lowest BCUT2D eigenvalue weighted by atomic mass is 9.93. The van der Waals surface area contributed by atoms with Gasteiger partial charge in [-0.05, 0) is 57.2 Å². The lowest BCUT2D eigenvalue weighted by Crippen LogP contribution is -2.49. The molecule has 1 saturated heterocycles. The van der Waals surface area contributed by atoms with Crippen molar-refractivity contribution >= 4 is 27.5 Å². The molecule has 1 atom stereocenters. The molecule has 1 saturated carbocycles. The molecule has 0 unspecified atom stereocenters. The van der Waals surface area contributed by atoms with E-state index in [1.807, 2.05) is 0 Å². The zero-order chi connectivity index (χ0) is 27.1. The van der Waals surface area contributed by atoms with Crippen LogP contribution in [0.1, 0.15) is 78.1 Å². The van der Waals surface area contributed by atoms with Gasteiger partial charge in [0.1, 0.15) is 12.3 Å². The van der Waals surface area contributed by atoms with Crippen molar-refractivity contribution in [3.63, 3.8) is 0 Å². The van der Waals surface area contributed by atoms with E-state index < -0.39 is 10.0 Å². The molecule has 0 bridgehead atoms. The number of anilines is 1. The molecule has 0 spiro atoms. The fraction of sp³-hybridized carbons (Fsp3) is 0.714. The van der Waals surface area contributed by atoms with Crippen molar-refractivity contribution in [1.29, 1.82) is 0 Å². The van der Waals surface area contributed by atoms with Crippen LogP contribution >= 0.6 is 0 Å². The van der Waals surface area contributed by atoms with E-state index in [1.54, 1.807) is 6.07 Å². The second kappa shape index (κ2) is 13.3. The summed E-state index contributed by atoms with van der Waals surface area (Å²) in [5.41, 5.74) is 0.329. The first kappa shape index (κ1) is 28.8. The molecular formula is C28H44N4O5S. The number of fused-ring (bicyclic) bond motifs is 1. The number of benzene rings is 1. The smallest absolute Gasteiger partial charge is 0.265 e. The van der Waals surface area contributed by atoms with Gasteiger partial charge in [0.05, 0.1) is 10.6 Å². The summed E-state index contributed by atoms with van der Waals surface area (Å²) in [6.45, 7) is 6.37. The highest BCUT2D eigenvalue weighted by Crippen LogP contribution is 2.35. The first-order valence-corrected chi connectivity index (χ1v) is 15.8. The van der Waals surface area contributed by atoms with E-state index >= 15 is 0 Å². The van der Waals surface area contributed by atoms with E-state index in [0.29, 0.717) is 43.2 Å². The lowest BCUT2D eigenvalue weighted by Gasteiger charge is -2.38. The van der Waals surface area contributed by atoms with Gasteiger partial charge in [-0.2, -0.15) is 4.31 Å². The molecule has 2 aliphatic heterocycles. The largest absolute Gasteiger partial charge is 0.482 e. The van der Waals surface area contributed by atoms with E-state index in [9.17, 15) is 18.0 Å². The Morgan fingerprint density at radius 2 is 1.79 bits per heavy atom. The number of hydrogen-bond donors (Lipinski definition) is 1. The highest BCUT2D eigenvalue weighted by Gasteiger charge is 2.32. The van der Waals surface area contributed by atoms with E-state index in [4.69, 9.17) is 4.74 Å². The summed E-state index contributed by atoms with van der Waals surface area (Å²) in [5.74, 6) is -0.215. The van der Waals surface area contributed by atoms with Crippen molar-refractivity contribution in [2.24, 2.45) is 0 Å². The Morgan fingerprint density at radius 1 is 1.11 bits per heavy atom. The van der Waals surface area contributed by atoms with Gasteiger partial charge in [-0.3, -0.25) is 19.4 Å². The minimum absolute atomic E-state index is 0.124. The summed E-state index contributed by atoms with van der Waals surface area (Å²) in [5, 5.41) is 2.99. The number of carbonyl (C=O) groups is 2. The number of nitrogens with one attached hydrogen (secondary N) is 1. The molecule has 0 radical (unpaired) electrons. The van der Waals surface area contributed by atoms with E-state index in [1.165, 1.54) is 53.4 Å². The molecule has 3 aliphatic rings. The monoisotopic (exact) mass is 548 g/mol. The van der Waals surface area contributed by atoms with Gasteiger partial charge < -0.3 is 10.1 Å². The first-order chi connectivity index (χ1) is 18.3. The van der Waals surface area contributed by atoms with Crippen LogP contribution in [-0.2, 0) is 19.6 Å². The second-order valence-corrected chi connectivity index (χ2v) is 12.8. The first-order valence-electron chi connectivity index (χ1n) is 14.4. The molecule has 1 aliphatic carbocycles. The van der Waals surface area contributed by atoms with E-state index in [-0.39, 0.29) is 29.9 Å². The maximum Gasteiger partial charge on any atom is 0.265 e. The Labute approximate surface area is 227 Å². The van der Waals surface area contributed by atoms with Crippen molar-refractivity contribution in [1.82, 2.24) is 14.5 Å². The SMILES string of the molecule is CC[C@H](C)N(CCNC(=O)CN1C(=O)COc2ccc(S(=O)(=O)N3CCCCCC3)cc21)C1CCCCC1. The Kier molecular flexibility index (Phi) is 10.1. The van der Waals surface area contributed by atoms with Gasteiger partial charge >= 0.3 is 0 Å². The molecule has 212 valence electrons. The fourth-order valence-corrected chi connectivity index (χ4v) is 7.42. The third-order valence-corrected chi connectivity index (χ3v) is 10.2. The van der Waals surface area contributed by atoms with Crippen LogP contribution < -0.4 is 15.0 Å². The average molecular weight is 549 g/mol. The van der Waals surface area contributed by atoms with Gasteiger partial charge in [-0.15, -0.1) is 0 Å². The van der Waals surface area contributed by atoms with Crippen LogP contribution in [0.2, 0.25) is 0 Å². The zero-order valence-corrected chi connectivity index (χ0v) is 23.8. The van der Waals surface area contributed by atoms with Crippen LogP contribution in [0.15, 0.2) is 23.1 Å². The van der Waals surface area contributed by atoms with Gasteiger partial charge in [0.25, 0.3) is 5.91 Å². The number of amides is 2. The molecule has 9 nitrogen and oxygen atoms in total. The van der Waals surface area contributed by atoms with Crippen LogP contribution in [0.3, 0.4) is 0 Å². The van der Waals surface area contributed by atoms with Crippen LogP contribution in [0, 0.1) is 0 Å². The number of hydrogen-bond acceptors (Lipinski definition) is 6. The molecule has 2 heterocycles. The summed E-state index contributed by atoms with van der Waals surface area (Å²) in [7, 11) is -3.70. The van der Waals surface area contributed by atoms with Gasteiger partial charge in [0.15, 0.2) is 6.61 Å². The predicted molar refractivity (Wildman–Crippen MR) is 148 cm³/mol. The maximum absolute atomic E-state index is 13.3. The second-order valence-electron chi connectivity index (χ2n) is 10.9. The lowest BCUT2D eigenvalue weighted by molar-refractivity contribution is -0.125. The van der Waals surface area contributed by atoms with Gasteiger partial charge in [-0.25, -0.2) is 8.42 Å². The van der Waals surface area contributed by atoms with E-state index in [0.717, 1.165) is 38.6 Å². The normalized spacial score (nSPS) is 20.5. The standard InChI is InChI=1S/C28H44N4O5S/c1-3-22(2)31(23-11-7-6-8-12-23)18-15-29-27(33)20-32-25-19-24(13-14-26(25)37-21-28(32)34)38(35,36)30-16-9-4-5-10-17-30/h13-14,19,22-23H,3-12,15-18,20-21H2,1-2H3,(H,29,33)/t22-/m0/s1. The molecule has 2 amide bonds. The number of sulfonamides is 1. The number of ether oxygens (including phenoxy) is 1. The van der Waals surface area contributed by atoms with Crippen molar-refractivity contribution in [2.75, 3.05) is 44.2 Å². The van der Waals surface area contributed by atoms with Crippen LogP contribution in [0.4, 0.5) is 5.69 Å².